The third kappa shape index (κ3) is 3.65. The summed E-state index contributed by atoms with van der Waals surface area (Å²) in [5.74, 6) is 1.37. The summed E-state index contributed by atoms with van der Waals surface area (Å²) < 4.78 is 23.5. The highest BCUT2D eigenvalue weighted by atomic mass is 19.1. The number of nitrogens with zero attached hydrogens (tertiary/aromatic N) is 3. The first-order valence-corrected chi connectivity index (χ1v) is 7.04. The van der Waals surface area contributed by atoms with Gasteiger partial charge in [0.2, 0.25) is 5.89 Å². The van der Waals surface area contributed by atoms with Crippen LogP contribution in [-0.4, -0.2) is 35.3 Å². The van der Waals surface area contributed by atoms with E-state index in [-0.39, 0.29) is 11.7 Å². The van der Waals surface area contributed by atoms with E-state index in [1.807, 2.05) is 7.05 Å². The number of rotatable bonds is 5. The van der Waals surface area contributed by atoms with E-state index in [1.165, 1.54) is 12.1 Å². The molecule has 1 fully saturated rings. The molecule has 2 aromatic rings. The Morgan fingerprint density at radius 1 is 1.29 bits per heavy atom. The number of hydrogen-bond acceptors (Lipinski definition) is 5. The minimum absolute atomic E-state index is 0.221. The quantitative estimate of drug-likeness (QED) is 0.846. The van der Waals surface area contributed by atoms with Gasteiger partial charge >= 0.3 is 0 Å². The van der Waals surface area contributed by atoms with Crippen LogP contribution in [0.3, 0.4) is 0 Å². The fraction of sp³-hybridized carbons (Fsp3) is 0.467. The van der Waals surface area contributed by atoms with Gasteiger partial charge in [-0.25, -0.2) is 4.39 Å². The molecule has 1 aromatic heterocycles. The van der Waals surface area contributed by atoms with Crippen molar-refractivity contribution in [3.05, 3.63) is 47.4 Å². The van der Waals surface area contributed by atoms with Crippen LogP contribution in [0.15, 0.2) is 28.8 Å². The van der Waals surface area contributed by atoms with Crippen LogP contribution in [-0.2, 0) is 17.8 Å². The molecule has 1 atom stereocenters. The zero-order chi connectivity index (χ0) is 14.7. The summed E-state index contributed by atoms with van der Waals surface area (Å²) >= 11 is 0. The van der Waals surface area contributed by atoms with E-state index in [0.29, 0.717) is 25.6 Å². The highest BCUT2D eigenvalue weighted by Gasteiger charge is 2.23. The van der Waals surface area contributed by atoms with Crippen LogP contribution in [0.5, 0.6) is 0 Å². The fourth-order valence-electron chi connectivity index (χ4n) is 2.42. The van der Waals surface area contributed by atoms with Crippen LogP contribution in [0.4, 0.5) is 4.39 Å². The molecular weight excluding hydrogens is 273 g/mol. The fourth-order valence-corrected chi connectivity index (χ4v) is 2.42. The number of benzene rings is 1. The van der Waals surface area contributed by atoms with Crippen LogP contribution in [0.2, 0.25) is 0 Å². The lowest BCUT2D eigenvalue weighted by atomic mass is 10.1. The molecule has 0 bridgehead atoms. The second kappa shape index (κ2) is 6.32. The largest absolute Gasteiger partial charge is 0.381 e. The minimum Gasteiger partial charge on any atom is -0.381 e. The lowest BCUT2D eigenvalue weighted by Gasteiger charge is -2.13. The minimum atomic E-state index is -0.221. The molecule has 1 saturated heterocycles. The number of halogens is 1. The molecule has 6 heteroatoms. The monoisotopic (exact) mass is 291 g/mol. The molecule has 0 amide bonds. The molecule has 0 aliphatic carbocycles. The van der Waals surface area contributed by atoms with E-state index in [0.717, 1.165) is 24.4 Å². The first-order valence-electron chi connectivity index (χ1n) is 7.04. The first kappa shape index (κ1) is 14.2. The lowest BCUT2D eigenvalue weighted by molar-refractivity contribution is 0.192. The Morgan fingerprint density at radius 3 is 2.81 bits per heavy atom. The van der Waals surface area contributed by atoms with E-state index in [9.17, 15) is 4.39 Å². The number of hydrogen-bond donors (Lipinski definition) is 0. The highest BCUT2D eigenvalue weighted by molar-refractivity contribution is 5.15. The van der Waals surface area contributed by atoms with Gasteiger partial charge in [-0.05, 0) is 31.2 Å². The Labute approximate surface area is 122 Å². The van der Waals surface area contributed by atoms with Crippen LogP contribution in [0.25, 0.3) is 0 Å². The molecular formula is C15H18FN3O2. The molecule has 5 nitrogen and oxygen atoms in total. The van der Waals surface area contributed by atoms with Gasteiger partial charge in [-0.3, -0.25) is 4.90 Å². The van der Waals surface area contributed by atoms with Crippen molar-refractivity contribution < 1.29 is 13.7 Å². The van der Waals surface area contributed by atoms with Gasteiger partial charge < -0.3 is 9.26 Å². The average Bonchev–Trinajstić information content (AvgIpc) is 3.12. The maximum Gasteiger partial charge on any atom is 0.240 e. The van der Waals surface area contributed by atoms with Crippen molar-refractivity contribution in [1.82, 2.24) is 15.0 Å². The topological polar surface area (TPSA) is 51.4 Å². The predicted octanol–water partition coefficient (Wildman–Crippen LogP) is 2.34. The zero-order valence-corrected chi connectivity index (χ0v) is 12.0. The number of aromatic nitrogens is 2. The predicted molar refractivity (Wildman–Crippen MR) is 74.0 cm³/mol. The maximum atomic E-state index is 12.9. The molecule has 0 spiro atoms. The molecule has 21 heavy (non-hydrogen) atoms. The second-order valence-corrected chi connectivity index (χ2v) is 5.41. The van der Waals surface area contributed by atoms with Crippen LogP contribution < -0.4 is 0 Å². The van der Waals surface area contributed by atoms with Gasteiger partial charge in [0.15, 0.2) is 5.82 Å². The van der Waals surface area contributed by atoms with Gasteiger partial charge in [0, 0.05) is 19.1 Å². The Bertz CT molecular complexity index is 579. The van der Waals surface area contributed by atoms with Gasteiger partial charge in [0.25, 0.3) is 0 Å². The summed E-state index contributed by atoms with van der Waals surface area (Å²) in [6.07, 6.45) is 0.949. The van der Waals surface area contributed by atoms with E-state index >= 15 is 0 Å². The van der Waals surface area contributed by atoms with Gasteiger partial charge in [0.1, 0.15) is 5.82 Å². The average molecular weight is 291 g/mol. The normalized spacial score (nSPS) is 18.5. The Hall–Kier alpha value is -1.79. The zero-order valence-electron chi connectivity index (χ0n) is 12.0. The van der Waals surface area contributed by atoms with Gasteiger partial charge in [-0.2, -0.15) is 4.98 Å². The second-order valence-electron chi connectivity index (χ2n) is 5.41. The summed E-state index contributed by atoms with van der Waals surface area (Å²) in [5.41, 5.74) is 1.04. The summed E-state index contributed by atoms with van der Waals surface area (Å²) in [6, 6.07) is 6.49. The summed E-state index contributed by atoms with van der Waals surface area (Å²) in [6.45, 7) is 2.70. The summed E-state index contributed by atoms with van der Waals surface area (Å²) in [7, 11) is 1.96. The van der Waals surface area contributed by atoms with Crippen molar-refractivity contribution in [2.24, 2.45) is 0 Å². The smallest absolute Gasteiger partial charge is 0.240 e. The van der Waals surface area contributed by atoms with Crippen molar-refractivity contribution in [3.8, 4) is 0 Å². The third-order valence-corrected chi connectivity index (χ3v) is 3.55. The lowest BCUT2D eigenvalue weighted by Crippen LogP contribution is -2.17. The van der Waals surface area contributed by atoms with E-state index in [4.69, 9.17) is 9.26 Å². The molecule has 1 aromatic carbocycles. The van der Waals surface area contributed by atoms with Crippen molar-refractivity contribution in [2.45, 2.75) is 25.4 Å². The molecule has 1 unspecified atom stereocenters. The molecule has 2 heterocycles. The molecule has 0 saturated carbocycles. The van der Waals surface area contributed by atoms with Crippen molar-refractivity contribution in [2.75, 3.05) is 20.3 Å². The Morgan fingerprint density at radius 2 is 2.10 bits per heavy atom. The Balaban J connectivity index is 1.56. The molecule has 0 N–H and O–H groups in total. The molecule has 112 valence electrons. The van der Waals surface area contributed by atoms with Gasteiger partial charge in [0.05, 0.1) is 13.2 Å². The first-order chi connectivity index (χ1) is 10.2. The maximum absolute atomic E-state index is 12.9. The standard InChI is InChI=1S/C15H18FN3O2/c1-19(8-11-2-4-13(16)5-3-11)9-14-17-15(18-21-14)12-6-7-20-10-12/h2-5,12H,6-10H2,1H3. The van der Waals surface area contributed by atoms with Gasteiger partial charge in [-0.15, -0.1) is 0 Å². The molecule has 0 radical (unpaired) electrons. The van der Waals surface area contributed by atoms with Crippen LogP contribution >= 0.6 is 0 Å². The third-order valence-electron chi connectivity index (χ3n) is 3.55. The SMILES string of the molecule is CN(Cc1ccc(F)cc1)Cc1nc(C2CCOC2)no1. The Kier molecular flexibility index (Phi) is 4.26. The van der Waals surface area contributed by atoms with E-state index < -0.39 is 0 Å². The van der Waals surface area contributed by atoms with Crippen molar-refractivity contribution in [3.63, 3.8) is 0 Å². The molecule has 1 aliphatic heterocycles. The van der Waals surface area contributed by atoms with E-state index in [2.05, 4.69) is 15.0 Å². The van der Waals surface area contributed by atoms with Crippen molar-refractivity contribution >= 4 is 0 Å². The molecule has 3 rings (SSSR count). The van der Waals surface area contributed by atoms with Crippen LogP contribution in [0, 0.1) is 5.82 Å². The molecule has 1 aliphatic rings. The number of ether oxygens (including phenoxy) is 1. The highest BCUT2D eigenvalue weighted by Crippen LogP contribution is 2.22. The summed E-state index contributed by atoms with van der Waals surface area (Å²) in [5, 5.41) is 4.03. The van der Waals surface area contributed by atoms with E-state index in [1.54, 1.807) is 12.1 Å². The van der Waals surface area contributed by atoms with Crippen molar-refractivity contribution in [1.29, 1.82) is 0 Å². The van der Waals surface area contributed by atoms with Crippen LogP contribution in [0.1, 0.15) is 29.6 Å². The van der Waals surface area contributed by atoms with Gasteiger partial charge in [-0.1, -0.05) is 17.3 Å². The summed E-state index contributed by atoms with van der Waals surface area (Å²) in [4.78, 5) is 6.48.